The first-order chi connectivity index (χ1) is 19.9. The lowest BCUT2D eigenvalue weighted by atomic mass is 9.94. The fraction of sp³-hybridized carbons (Fsp3) is 0.452. The first-order valence-electron chi connectivity index (χ1n) is 14.4. The van der Waals surface area contributed by atoms with Crippen LogP contribution in [-0.2, 0) is 6.42 Å². The third-order valence-electron chi connectivity index (χ3n) is 9.04. The number of anilines is 1. The van der Waals surface area contributed by atoms with Crippen molar-refractivity contribution < 1.29 is 23.0 Å². The molecule has 3 saturated heterocycles. The number of phenolic OH excluding ortho intramolecular Hbond substituents is 1. The molecular weight excluding hydrogens is 531 g/mol. The van der Waals surface area contributed by atoms with Gasteiger partial charge in [-0.2, -0.15) is 9.97 Å². The molecule has 7 rings (SSSR count). The van der Waals surface area contributed by atoms with Crippen molar-refractivity contribution in [1.29, 1.82) is 0 Å². The highest BCUT2D eigenvalue weighted by atomic mass is 19.1. The highest BCUT2D eigenvalue weighted by Crippen LogP contribution is 2.42. The van der Waals surface area contributed by atoms with E-state index in [0.717, 1.165) is 45.3 Å². The Balaban J connectivity index is 1.37. The Kier molecular flexibility index (Phi) is 6.41. The zero-order chi connectivity index (χ0) is 28.3. The van der Waals surface area contributed by atoms with Crippen LogP contribution in [0.2, 0.25) is 0 Å². The van der Waals surface area contributed by atoms with Gasteiger partial charge in [-0.3, -0.25) is 9.88 Å². The summed E-state index contributed by atoms with van der Waals surface area (Å²) >= 11 is 0. The monoisotopic (exact) mass is 563 g/mol. The molecule has 1 unspecified atom stereocenters. The Morgan fingerprint density at radius 2 is 1.93 bits per heavy atom. The molecule has 2 atom stereocenters. The number of halogens is 3. The summed E-state index contributed by atoms with van der Waals surface area (Å²) in [7, 11) is 0. The van der Waals surface area contributed by atoms with Crippen LogP contribution in [0.3, 0.4) is 0 Å². The summed E-state index contributed by atoms with van der Waals surface area (Å²) in [6, 6.07) is 5.92. The minimum atomic E-state index is -0.891. The van der Waals surface area contributed by atoms with Crippen LogP contribution in [0, 0.1) is 11.6 Å². The Morgan fingerprint density at radius 1 is 1.10 bits per heavy atom. The SMILES string of the molecule is CCc1c(F)ccc2cc(O)cc(-c3ncc4c(N5CCCC5)nc(OCC56CCCN5C[C@H](F)C6)nc4c3F)c12. The number of benzene rings is 2. The van der Waals surface area contributed by atoms with E-state index in [1.807, 2.05) is 6.92 Å². The van der Waals surface area contributed by atoms with Gasteiger partial charge in [-0.25, -0.2) is 13.2 Å². The molecule has 0 aliphatic carbocycles. The van der Waals surface area contributed by atoms with E-state index in [4.69, 9.17) is 9.72 Å². The maximum atomic E-state index is 16.5. The van der Waals surface area contributed by atoms with Gasteiger partial charge in [0.15, 0.2) is 5.82 Å². The predicted octanol–water partition coefficient (Wildman–Crippen LogP) is 5.95. The molecule has 0 amide bonds. The average molecular weight is 564 g/mol. The number of nitrogens with zero attached hydrogens (tertiary/aromatic N) is 5. The van der Waals surface area contributed by atoms with Crippen LogP contribution in [0.1, 0.15) is 44.6 Å². The molecule has 3 fully saturated rings. The second-order valence-corrected chi connectivity index (χ2v) is 11.5. The molecule has 3 aliphatic heterocycles. The minimum absolute atomic E-state index is 0.0349. The molecule has 2 aromatic carbocycles. The molecule has 0 radical (unpaired) electrons. The fourth-order valence-electron chi connectivity index (χ4n) is 7.12. The van der Waals surface area contributed by atoms with Crippen molar-refractivity contribution in [2.75, 3.05) is 37.7 Å². The number of phenols is 1. The van der Waals surface area contributed by atoms with Crippen LogP contribution in [0.4, 0.5) is 19.0 Å². The number of aromatic hydroxyl groups is 1. The van der Waals surface area contributed by atoms with Gasteiger partial charge in [0.25, 0.3) is 0 Å². The minimum Gasteiger partial charge on any atom is -0.508 e. The number of fused-ring (bicyclic) bond motifs is 3. The lowest BCUT2D eigenvalue weighted by Gasteiger charge is -2.31. The van der Waals surface area contributed by atoms with Gasteiger partial charge in [-0.05, 0) is 73.2 Å². The van der Waals surface area contributed by atoms with Crippen molar-refractivity contribution in [2.45, 2.75) is 57.2 Å². The van der Waals surface area contributed by atoms with E-state index in [1.165, 1.54) is 18.2 Å². The highest BCUT2D eigenvalue weighted by molar-refractivity contribution is 6.01. The molecule has 5 heterocycles. The van der Waals surface area contributed by atoms with Crippen LogP contribution in [0.5, 0.6) is 11.8 Å². The molecule has 1 N–H and O–H groups in total. The molecule has 4 aromatic rings. The van der Waals surface area contributed by atoms with E-state index >= 15 is 4.39 Å². The average Bonchev–Trinajstić information content (AvgIpc) is 3.69. The van der Waals surface area contributed by atoms with Crippen molar-refractivity contribution in [3.8, 4) is 23.0 Å². The lowest BCUT2D eigenvalue weighted by molar-refractivity contribution is 0.107. The summed E-state index contributed by atoms with van der Waals surface area (Å²) in [5.74, 6) is -0.615. The number of alkyl halides is 1. The quantitative estimate of drug-likeness (QED) is 0.311. The molecular formula is C31H32F3N5O2. The predicted molar refractivity (Wildman–Crippen MR) is 151 cm³/mol. The van der Waals surface area contributed by atoms with E-state index in [9.17, 15) is 13.9 Å². The van der Waals surface area contributed by atoms with Gasteiger partial charge < -0.3 is 14.7 Å². The molecule has 7 nitrogen and oxygen atoms in total. The third-order valence-corrected chi connectivity index (χ3v) is 9.04. The van der Waals surface area contributed by atoms with Crippen LogP contribution < -0.4 is 9.64 Å². The second kappa shape index (κ2) is 10.0. The summed E-state index contributed by atoms with van der Waals surface area (Å²) in [6.07, 6.45) is 5.25. The number of pyridine rings is 1. The zero-order valence-electron chi connectivity index (χ0n) is 23.0. The van der Waals surface area contributed by atoms with Crippen molar-refractivity contribution in [2.24, 2.45) is 0 Å². The van der Waals surface area contributed by atoms with Crippen LogP contribution in [0.25, 0.3) is 32.9 Å². The first kappa shape index (κ1) is 26.3. The number of aryl methyl sites for hydroxylation is 1. The molecule has 0 bridgehead atoms. The number of aromatic nitrogens is 3. The van der Waals surface area contributed by atoms with Crippen LogP contribution in [-0.4, -0.2) is 69.5 Å². The normalized spacial score (nSPS) is 22.7. The van der Waals surface area contributed by atoms with Crippen molar-refractivity contribution >= 4 is 27.5 Å². The smallest absolute Gasteiger partial charge is 0.319 e. The van der Waals surface area contributed by atoms with Gasteiger partial charge >= 0.3 is 6.01 Å². The maximum absolute atomic E-state index is 16.5. The molecule has 0 saturated carbocycles. The van der Waals surface area contributed by atoms with E-state index in [-0.39, 0.29) is 29.6 Å². The van der Waals surface area contributed by atoms with Crippen LogP contribution in [0.15, 0.2) is 30.5 Å². The van der Waals surface area contributed by atoms with E-state index in [2.05, 4.69) is 19.8 Å². The van der Waals surface area contributed by atoms with Crippen LogP contribution >= 0.6 is 0 Å². The van der Waals surface area contributed by atoms with Gasteiger partial charge in [0, 0.05) is 37.8 Å². The Hall–Kier alpha value is -3.66. The van der Waals surface area contributed by atoms with Crippen molar-refractivity contribution in [3.05, 3.63) is 47.7 Å². The topological polar surface area (TPSA) is 74.6 Å². The Labute approximate surface area is 236 Å². The fourth-order valence-corrected chi connectivity index (χ4v) is 7.12. The zero-order valence-corrected chi connectivity index (χ0v) is 23.0. The standard InChI is InChI=1S/C31H32F3N5O2/c1-2-21-24(33)7-6-18-12-20(40)13-22(25(18)21)27-26(34)28-23(15-35-27)29(38-9-3-4-10-38)37-30(36-28)41-17-31-8-5-11-39(31)16-19(32)14-31/h6-7,12-13,15,19,40H,2-5,8-11,14,16-17H2,1H3/t19-,31?/m1/s1. The van der Waals surface area contributed by atoms with Gasteiger partial charge in [0.2, 0.25) is 0 Å². The Morgan fingerprint density at radius 3 is 2.73 bits per heavy atom. The van der Waals surface area contributed by atoms with Gasteiger partial charge in [0.1, 0.15) is 41.4 Å². The van der Waals surface area contributed by atoms with E-state index in [1.54, 1.807) is 12.3 Å². The van der Waals surface area contributed by atoms with Gasteiger partial charge in [-0.15, -0.1) is 0 Å². The summed E-state index contributed by atoms with van der Waals surface area (Å²) < 4.78 is 51.9. The molecule has 0 spiro atoms. The third kappa shape index (κ3) is 4.34. The summed E-state index contributed by atoms with van der Waals surface area (Å²) in [5.41, 5.74) is 0.330. The van der Waals surface area contributed by atoms with E-state index < -0.39 is 23.3 Å². The number of rotatable bonds is 6. The maximum Gasteiger partial charge on any atom is 0.319 e. The second-order valence-electron chi connectivity index (χ2n) is 11.5. The lowest BCUT2D eigenvalue weighted by Crippen LogP contribution is -2.43. The summed E-state index contributed by atoms with van der Waals surface area (Å²) in [4.78, 5) is 18.0. The molecule has 10 heteroatoms. The first-order valence-corrected chi connectivity index (χ1v) is 14.4. The number of ether oxygens (including phenoxy) is 1. The van der Waals surface area contributed by atoms with Crippen molar-refractivity contribution in [3.63, 3.8) is 0 Å². The molecule has 214 valence electrons. The highest BCUT2D eigenvalue weighted by Gasteiger charge is 2.49. The van der Waals surface area contributed by atoms with E-state index in [0.29, 0.717) is 52.5 Å². The number of hydrogen-bond donors (Lipinski definition) is 1. The van der Waals surface area contributed by atoms with Crippen molar-refractivity contribution in [1.82, 2.24) is 19.9 Å². The Bertz CT molecular complexity index is 1660. The molecule has 3 aliphatic rings. The molecule has 41 heavy (non-hydrogen) atoms. The van der Waals surface area contributed by atoms with Gasteiger partial charge in [-0.1, -0.05) is 13.0 Å². The van der Waals surface area contributed by atoms with Gasteiger partial charge in [0.05, 0.1) is 10.9 Å². The molecule has 2 aromatic heterocycles. The summed E-state index contributed by atoms with van der Waals surface area (Å²) in [5, 5.41) is 12.0. The summed E-state index contributed by atoms with van der Waals surface area (Å²) in [6.45, 7) is 4.84. The largest absolute Gasteiger partial charge is 0.508 e. The number of hydrogen-bond acceptors (Lipinski definition) is 7.